The summed E-state index contributed by atoms with van der Waals surface area (Å²) in [5, 5.41) is 0. The van der Waals surface area contributed by atoms with Gasteiger partial charge in [0.2, 0.25) is 5.95 Å². The molecule has 0 amide bonds. The number of rotatable bonds is 3. The lowest BCUT2D eigenvalue weighted by Gasteiger charge is -2.21. The van der Waals surface area contributed by atoms with Gasteiger partial charge in [-0.25, -0.2) is 4.98 Å². The van der Waals surface area contributed by atoms with Gasteiger partial charge < -0.3 is 5.73 Å². The lowest BCUT2D eigenvalue weighted by molar-refractivity contribution is 0.485. The smallest absolute Gasteiger partial charge is 0.279 e. The Hall–Kier alpha value is -1.43. The summed E-state index contributed by atoms with van der Waals surface area (Å²) in [6.07, 6.45) is 2.10. The third kappa shape index (κ3) is 2.04. The molecule has 0 aliphatic carbocycles. The number of nitrogens with one attached hydrogen (secondary N) is 1. The lowest BCUT2D eigenvalue weighted by atomic mass is 9.86. The van der Waals surface area contributed by atoms with Crippen LogP contribution in [0, 0.1) is 0 Å². The fourth-order valence-corrected chi connectivity index (χ4v) is 2.97. The van der Waals surface area contributed by atoms with Gasteiger partial charge in [0.25, 0.3) is 5.56 Å². The number of aromatic amines is 1. The highest BCUT2D eigenvalue weighted by Gasteiger charge is 2.26. The quantitative estimate of drug-likeness (QED) is 0.875. The number of aromatic nitrogens is 3. The first kappa shape index (κ1) is 12.0. The first-order valence-corrected chi connectivity index (χ1v) is 6.38. The van der Waals surface area contributed by atoms with Crippen LogP contribution in [0.25, 0.3) is 11.0 Å². The van der Waals surface area contributed by atoms with Gasteiger partial charge in [-0.1, -0.05) is 27.2 Å². The van der Waals surface area contributed by atoms with Crippen LogP contribution in [0.2, 0.25) is 0 Å². The molecule has 17 heavy (non-hydrogen) atoms. The summed E-state index contributed by atoms with van der Waals surface area (Å²) >= 11 is 1.34. The Morgan fingerprint density at radius 2 is 2.12 bits per heavy atom. The van der Waals surface area contributed by atoms with Crippen molar-refractivity contribution < 1.29 is 0 Å². The lowest BCUT2D eigenvalue weighted by Crippen LogP contribution is -2.17. The van der Waals surface area contributed by atoms with Crippen LogP contribution >= 0.6 is 11.5 Å². The number of hydrogen-bond acceptors (Lipinski definition) is 5. The Morgan fingerprint density at radius 1 is 1.41 bits per heavy atom. The van der Waals surface area contributed by atoms with Crippen molar-refractivity contribution in [2.75, 3.05) is 5.73 Å². The zero-order valence-electron chi connectivity index (χ0n) is 10.2. The minimum Gasteiger partial charge on any atom is -0.369 e. The molecule has 0 atom stereocenters. The molecule has 0 radical (unpaired) electrons. The van der Waals surface area contributed by atoms with E-state index in [1.807, 2.05) is 0 Å². The predicted octanol–water partition coefficient (Wildman–Crippen LogP) is 2.04. The Morgan fingerprint density at radius 3 is 2.76 bits per heavy atom. The topological polar surface area (TPSA) is 84.7 Å². The zero-order chi connectivity index (χ0) is 12.6. The molecular formula is C11H16N4OS. The van der Waals surface area contributed by atoms with Gasteiger partial charge in [-0.2, -0.15) is 4.37 Å². The molecule has 0 unspecified atom stereocenters. The van der Waals surface area contributed by atoms with Crippen molar-refractivity contribution in [3.63, 3.8) is 0 Å². The molecule has 0 fully saturated rings. The average molecular weight is 252 g/mol. The third-order valence-corrected chi connectivity index (χ3v) is 4.05. The number of anilines is 1. The number of nitrogen functional groups attached to an aromatic ring is 1. The molecule has 0 bridgehead atoms. The van der Waals surface area contributed by atoms with Crippen molar-refractivity contribution in [2.45, 2.75) is 39.0 Å². The second-order valence-electron chi connectivity index (χ2n) is 4.79. The minimum absolute atomic E-state index is 0.0264. The van der Waals surface area contributed by atoms with E-state index in [1.165, 1.54) is 11.5 Å². The van der Waals surface area contributed by atoms with Crippen molar-refractivity contribution in [2.24, 2.45) is 0 Å². The predicted molar refractivity (Wildman–Crippen MR) is 70.4 cm³/mol. The summed E-state index contributed by atoms with van der Waals surface area (Å²) < 4.78 is 4.19. The standard InChI is InChI=1S/C11H16N4OS/c1-4-5-11(2,3)8-6-7(15-17-8)9(16)14-10(12)13-6/h4-5H2,1-3H3,(H3,12,13,14,16). The molecule has 3 N–H and O–H groups in total. The van der Waals surface area contributed by atoms with Crippen molar-refractivity contribution in [1.29, 1.82) is 0 Å². The van der Waals surface area contributed by atoms with Crippen LogP contribution in [0.5, 0.6) is 0 Å². The number of nitrogens with two attached hydrogens (primary N) is 1. The fraction of sp³-hybridized carbons (Fsp3) is 0.545. The third-order valence-electron chi connectivity index (χ3n) is 2.85. The van der Waals surface area contributed by atoms with Crippen molar-refractivity contribution in [3.8, 4) is 0 Å². The maximum Gasteiger partial charge on any atom is 0.279 e. The minimum atomic E-state index is -0.262. The molecule has 2 aromatic rings. The number of nitrogens with zero attached hydrogens (tertiary/aromatic N) is 2. The van der Waals surface area contributed by atoms with E-state index in [1.54, 1.807) is 0 Å². The van der Waals surface area contributed by atoms with E-state index in [4.69, 9.17) is 5.73 Å². The summed E-state index contributed by atoms with van der Waals surface area (Å²) in [6.45, 7) is 6.42. The summed E-state index contributed by atoms with van der Waals surface area (Å²) in [6, 6.07) is 0. The first-order valence-electron chi connectivity index (χ1n) is 5.61. The van der Waals surface area contributed by atoms with E-state index in [-0.39, 0.29) is 16.9 Å². The zero-order valence-corrected chi connectivity index (χ0v) is 11.0. The summed E-state index contributed by atoms with van der Waals surface area (Å²) in [7, 11) is 0. The van der Waals surface area contributed by atoms with Crippen LogP contribution in [0.15, 0.2) is 4.79 Å². The van der Waals surface area contributed by atoms with E-state index >= 15 is 0 Å². The van der Waals surface area contributed by atoms with Crippen molar-refractivity contribution >= 4 is 28.5 Å². The molecule has 2 rings (SSSR count). The molecule has 0 aliphatic rings. The van der Waals surface area contributed by atoms with Gasteiger partial charge in [-0.15, -0.1) is 0 Å². The van der Waals surface area contributed by atoms with Crippen LogP contribution in [-0.4, -0.2) is 14.3 Å². The van der Waals surface area contributed by atoms with Crippen LogP contribution < -0.4 is 11.3 Å². The van der Waals surface area contributed by atoms with Crippen LogP contribution in [-0.2, 0) is 5.41 Å². The number of fused-ring (bicyclic) bond motifs is 1. The molecule has 92 valence electrons. The summed E-state index contributed by atoms with van der Waals surface area (Å²) in [5.74, 6) is 0.149. The van der Waals surface area contributed by atoms with Gasteiger partial charge in [0, 0.05) is 5.41 Å². The van der Waals surface area contributed by atoms with E-state index in [0.29, 0.717) is 11.0 Å². The van der Waals surface area contributed by atoms with Gasteiger partial charge >= 0.3 is 0 Å². The molecular weight excluding hydrogens is 236 g/mol. The first-order chi connectivity index (χ1) is 7.95. The monoisotopic (exact) mass is 252 g/mol. The fourth-order valence-electron chi connectivity index (χ4n) is 2.04. The molecule has 0 saturated heterocycles. The maximum atomic E-state index is 11.7. The largest absolute Gasteiger partial charge is 0.369 e. The molecule has 0 spiro atoms. The Kier molecular flexibility index (Phi) is 2.91. The van der Waals surface area contributed by atoms with Crippen LogP contribution in [0.1, 0.15) is 38.5 Å². The molecule has 0 aromatic carbocycles. The number of H-pyrrole nitrogens is 1. The Labute approximate surface area is 103 Å². The molecule has 2 heterocycles. The van der Waals surface area contributed by atoms with E-state index in [9.17, 15) is 4.79 Å². The van der Waals surface area contributed by atoms with Gasteiger partial charge in [0.05, 0.1) is 4.88 Å². The van der Waals surface area contributed by atoms with Gasteiger partial charge in [-0.3, -0.25) is 9.78 Å². The molecule has 6 heteroatoms. The Balaban J connectivity index is 2.68. The van der Waals surface area contributed by atoms with Crippen molar-refractivity contribution in [1.82, 2.24) is 14.3 Å². The van der Waals surface area contributed by atoms with Crippen molar-refractivity contribution in [3.05, 3.63) is 15.2 Å². The normalized spacial score (nSPS) is 12.2. The molecule has 5 nitrogen and oxygen atoms in total. The molecule has 2 aromatic heterocycles. The van der Waals surface area contributed by atoms with E-state index in [2.05, 4.69) is 35.1 Å². The van der Waals surface area contributed by atoms with E-state index < -0.39 is 0 Å². The highest BCUT2D eigenvalue weighted by Crippen LogP contribution is 2.35. The highest BCUT2D eigenvalue weighted by molar-refractivity contribution is 7.07. The SMILES string of the molecule is CCCC(C)(C)c1snc2c(=O)[nH]c(N)nc12. The highest BCUT2D eigenvalue weighted by atomic mass is 32.1. The molecule has 0 aliphatic heterocycles. The van der Waals surface area contributed by atoms with Gasteiger partial charge in [0.1, 0.15) is 5.52 Å². The Bertz CT molecular complexity index is 599. The van der Waals surface area contributed by atoms with Gasteiger partial charge in [-0.05, 0) is 18.0 Å². The summed E-state index contributed by atoms with van der Waals surface area (Å²) in [5.41, 5.74) is 6.33. The average Bonchev–Trinajstić information content (AvgIpc) is 2.61. The van der Waals surface area contributed by atoms with Gasteiger partial charge in [0.15, 0.2) is 5.52 Å². The van der Waals surface area contributed by atoms with Crippen LogP contribution in [0.3, 0.4) is 0 Å². The maximum absolute atomic E-state index is 11.7. The second-order valence-corrected chi connectivity index (χ2v) is 5.57. The van der Waals surface area contributed by atoms with E-state index in [0.717, 1.165) is 17.7 Å². The number of hydrogen-bond donors (Lipinski definition) is 2. The summed E-state index contributed by atoms with van der Waals surface area (Å²) in [4.78, 5) is 19.4. The van der Waals surface area contributed by atoms with Crippen LogP contribution in [0.4, 0.5) is 5.95 Å². The molecule has 0 saturated carbocycles. The second kappa shape index (κ2) is 4.10.